The topological polar surface area (TPSA) is 38.3 Å². The number of nitrogens with one attached hydrogen (secondary N) is 1. The van der Waals surface area contributed by atoms with Gasteiger partial charge in [0.25, 0.3) is 0 Å². The number of amides is 1. The predicted octanol–water partition coefficient (Wildman–Crippen LogP) is 2.43. The summed E-state index contributed by atoms with van der Waals surface area (Å²) < 4.78 is 5.31. The van der Waals surface area contributed by atoms with E-state index < -0.39 is 0 Å². The maximum Gasteiger partial charge on any atom is 0.225 e. The van der Waals surface area contributed by atoms with Crippen LogP contribution < -0.4 is 5.32 Å². The molecule has 0 radical (unpaired) electrons. The summed E-state index contributed by atoms with van der Waals surface area (Å²) in [6.07, 6.45) is 2.72. The van der Waals surface area contributed by atoms with Crippen molar-refractivity contribution in [3.63, 3.8) is 0 Å². The van der Waals surface area contributed by atoms with Gasteiger partial charge in [-0.2, -0.15) is 0 Å². The quantitative estimate of drug-likeness (QED) is 0.910. The molecule has 1 saturated heterocycles. The van der Waals surface area contributed by atoms with Gasteiger partial charge in [-0.15, -0.1) is 0 Å². The lowest BCUT2D eigenvalue weighted by Gasteiger charge is -2.21. The molecule has 1 fully saturated rings. The molecule has 18 heavy (non-hydrogen) atoms. The SMILES string of the molecule is O=C(NCCc1cccc(Cl)c1)C1CCCOC1. The van der Waals surface area contributed by atoms with Crippen LogP contribution in [0.1, 0.15) is 18.4 Å². The zero-order chi connectivity index (χ0) is 12.8. The minimum Gasteiger partial charge on any atom is -0.381 e. The van der Waals surface area contributed by atoms with Crippen molar-refractivity contribution in [1.82, 2.24) is 5.32 Å². The van der Waals surface area contributed by atoms with Gasteiger partial charge in [0.05, 0.1) is 12.5 Å². The molecule has 1 heterocycles. The van der Waals surface area contributed by atoms with Gasteiger partial charge in [0.1, 0.15) is 0 Å². The van der Waals surface area contributed by atoms with E-state index in [4.69, 9.17) is 16.3 Å². The average molecular weight is 268 g/mol. The van der Waals surface area contributed by atoms with Gasteiger partial charge >= 0.3 is 0 Å². The molecular formula is C14H18ClNO2. The van der Waals surface area contributed by atoms with Gasteiger partial charge in [-0.25, -0.2) is 0 Å². The Morgan fingerprint density at radius 1 is 1.50 bits per heavy atom. The van der Waals surface area contributed by atoms with E-state index in [1.165, 1.54) is 0 Å². The van der Waals surface area contributed by atoms with Crippen LogP contribution in [0.25, 0.3) is 0 Å². The fourth-order valence-electron chi connectivity index (χ4n) is 2.11. The molecule has 1 aromatic carbocycles. The first-order valence-corrected chi connectivity index (χ1v) is 6.73. The summed E-state index contributed by atoms with van der Waals surface area (Å²) in [6.45, 7) is 1.99. The van der Waals surface area contributed by atoms with Crippen LogP contribution in [0, 0.1) is 5.92 Å². The van der Waals surface area contributed by atoms with Crippen LogP contribution in [0.15, 0.2) is 24.3 Å². The molecule has 0 saturated carbocycles. The Hall–Kier alpha value is -1.06. The molecule has 0 bridgehead atoms. The molecule has 98 valence electrons. The highest BCUT2D eigenvalue weighted by Gasteiger charge is 2.20. The number of benzene rings is 1. The minimum absolute atomic E-state index is 0.0260. The molecule has 1 aliphatic heterocycles. The Morgan fingerprint density at radius 3 is 3.11 bits per heavy atom. The third-order valence-electron chi connectivity index (χ3n) is 3.13. The zero-order valence-electron chi connectivity index (χ0n) is 10.3. The number of carbonyl (C=O) groups excluding carboxylic acids is 1. The Morgan fingerprint density at radius 2 is 2.39 bits per heavy atom. The van der Waals surface area contributed by atoms with E-state index in [1.54, 1.807) is 0 Å². The first kappa shape index (κ1) is 13.4. The summed E-state index contributed by atoms with van der Waals surface area (Å²) in [5.74, 6) is 0.134. The highest BCUT2D eigenvalue weighted by molar-refractivity contribution is 6.30. The lowest BCUT2D eigenvalue weighted by atomic mass is 10.0. The van der Waals surface area contributed by atoms with E-state index in [-0.39, 0.29) is 11.8 Å². The molecule has 1 aromatic rings. The van der Waals surface area contributed by atoms with Crippen LogP contribution in [0.4, 0.5) is 0 Å². The van der Waals surface area contributed by atoms with Crippen molar-refractivity contribution in [2.45, 2.75) is 19.3 Å². The molecular weight excluding hydrogens is 250 g/mol. The summed E-state index contributed by atoms with van der Waals surface area (Å²) in [7, 11) is 0. The molecule has 1 atom stereocenters. The normalized spacial score (nSPS) is 19.5. The number of halogens is 1. The average Bonchev–Trinajstić information content (AvgIpc) is 2.40. The van der Waals surface area contributed by atoms with Crippen LogP contribution in [-0.2, 0) is 16.0 Å². The van der Waals surface area contributed by atoms with Crippen molar-refractivity contribution in [2.24, 2.45) is 5.92 Å². The van der Waals surface area contributed by atoms with Crippen LogP contribution >= 0.6 is 11.6 Å². The summed E-state index contributed by atoms with van der Waals surface area (Å²) in [5.41, 5.74) is 1.14. The highest BCUT2D eigenvalue weighted by Crippen LogP contribution is 2.14. The fraction of sp³-hybridized carbons (Fsp3) is 0.500. The van der Waals surface area contributed by atoms with E-state index >= 15 is 0 Å². The van der Waals surface area contributed by atoms with Crippen molar-refractivity contribution in [1.29, 1.82) is 0 Å². The van der Waals surface area contributed by atoms with Crippen LogP contribution in [0.3, 0.4) is 0 Å². The third-order valence-corrected chi connectivity index (χ3v) is 3.37. The molecule has 0 spiro atoms. The number of ether oxygens (including phenoxy) is 1. The standard InChI is InChI=1S/C14H18ClNO2/c15-13-5-1-3-11(9-13)6-7-16-14(17)12-4-2-8-18-10-12/h1,3,5,9,12H,2,4,6-8,10H2,(H,16,17). The molecule has 0 aromatic heterocycles. The van der Waals surface area contributed by atoms with Gasteiger partial charge in [-0.3, -0.25) is 4.79 Å². The number of carbonyl (C=O) groups is 1. The first-order chi connectivity index (χ1) is 8.75. The maximum absolute atomic E-state index is 11.8. The zero-order valence-corrected chi connectivity index (χ0v) is 11.1. The third kappa shape index (κ3) is 4.00. The summed E-state index contributed by atoms with van der Waals surface area (Å²) in [5, 5.41) is 3.69. The minimum atomic E-state index is 0.0260. The summed E-state index contributed by atoms with van der Waals surface area (Å²) >= 11 is 5.90. The van der Waals surface area contributed by atoms with E-state index in [1.807, 2.05) is 24.3 Å². The Labute approximate surface area is 112 Å². The van der Waals surface area contributed by atoms with Gasteiger partial charge in [-0.1, -0.05) is 23.7 Å². The highest BCUT2D eigenvalue weighted by atomic mass is 35.5. The number of hydrogen-bond acceptors (Lipinski definition) is 2. The van der Waals surface area contributed by atoms with Crippen molar-refractivity contribution >= 4 is 17.5 Å². The van der Waals surface area contributed by atoms with E-state index in [9.17, 15) is 4.79 Å². The van der Waals surface area contributed by atoms with Crippen molar-refractivity contribution < 1.29 is 9.53 Å². The second-order valence-electron chi connectivity index (χ2n) is 4.59. The van der Waals surface area contributed by atoms with Gasteiger partial charge in [0.15, 0.2) is 0 Å². The van der Waals surface area contributed by atoms with Gasteiger partial charge in [0.2, 0.25) is 5.91 Å². The van der Waals surface area contributed by atoms with E-state index in [2.05, 4.69) is 5.32 Å². The van der Waals surface area contributed by atoms with Gasteiger partial charge < -0.3 is 10.1 Å². The van der Waals surface area contributed by atoms with E-state index in [0.29, 0.717) is 13.2 Å². The lowest BCUT2D eigenvalue weighted by Crippen LogP contribution is -2.36. The molecule has 4 heteroatoms. The van der Waals surface area contributed by atoms with Crippen LogP contribution in [-0.4, -0.2) is 25.7 Å². The number of hydrogen-bond donors (Lipinski definition) is 1. The number of rotatable bonds is 4. The smallest absolute Gasteiger partial charge is 0.225 e. The van der Waals surface area contributed by atoms with Gasteiger partial charge in [-0.05, 0) is 37.0 Å². The molecule has 2 rings (SSSR count). The van der Waals surface area contributed by atoms with Crippen molar-refractivity contribution in [2.75, 3.05) is 19.8 Å². The molecule has 1 aliphatic rings. The predicted molar refractivity (Wildman–Crippen MR) is 71.7 cm³/mol. The first-order valence-electron chi connectivity index (χ1n) is 6.35. The van der Waals surface area contributed by atoms with Crippen molar-refractivity contribution in [3.05, 3.63) is 34.9 Å². The molecule has 0 aliphatic carbocycles. The second kappa shape index (κ2) is 6.76. The largest absolute Gasteiger partial charge is 0.381 e. The Kier molecular flexibility index (Phi) is 5.02. The molecule has 1 amide bonds. The fourth-order valence-corrected chi connectivity index (χ4v) is 2.33. The Balaban J connectivity index is 1.73. The Bertz CT molecular complexity index is 403. The molecule has 1 N–H and O–H groups in total. The summed E-state index contributed by atoms with van der Waals surface area (Å²) in [6, 6.07) is 7.72. The molecule has 3 nitrogen and oxygen atoms in total. The molecule has 1 unspecified atom stereocenters. The lowest BCUT2D eigenvalue weighted by molar-refractivity contribution is -0.128. The van der Waals surface area contributed by atoms with Crippen LogP contribution in [0.5, 0.6) is 0 Å². The monoisotopic (exact) mass is 267 g/mol. The second-order valence-corrected chi connectivity index (χ2v) is 5.02. The van der Waals surface area contributed by atoms with Gasteiger partial charge in [0, 0.05) is 18.2 Å². The van der Waals surface area contributed by atoms with Crippen molar-refractivity contribution in [3.8, 4) is 0 Å². The maximum atomic E-state index is 11.8. The van der Waals surface area contributed by atoms with E-state index in [0.717, 1.165) is 36.5 Å². The van der Waals surface area contributed by atoms with Crippen LogP contribution in [0.2, 0.25) is 5.02 Å². The summed E-state index contributed by atoms with van der Waals surface area (Å²) in [4.78, 5) is 11.8.